The smallest absolute Gasteiger partial charge is 0.335 e. The summed E-state index contributed by atoms with van der Waals surface area (Å²) >= 11 is 0. The van der Waals surface area contributed by atoms with Crippen molar-refractivity contribution in [3.63, 3.8) is 0 Å². The molecule has 7 nitrogen and oxygen atoms in total. The number of hydrogen-bond donors (Lipinski definition) is 1. The molecule has 0 saturated carbocycles. The maximum atomic E-state index is 12.5. The van der Waals surface area contributed by atoms with Gasteiger partial charge < -0.3 is 9.84 Å². The molecular formula is C21H19N3O4. The summed E-state index contributed by atoms with van der Waals surface area (Å²) in [4.78, 5) is 25.2. The number of rotatable bonds is 5. The number of ether oxygens (including phenoxy) is 1. The van der Waals surface area contributed by atoms with Crippen LogP contribution in [0, 0.1) is 0 Å². The van der Waals surface area contributed by atoms with Gasteiger partial charge in [0.25, 0.3) is 0 Å². The number of carbonyl (C=O) groups is 2. The molecule has 28 heavy (non-hydrogen) atoms. The number of methoxy groups -OCH3 is 1. The van der Waals surface area contributed by atoms with Crippen molar-refractivity contribution < 1.29 is 19.4 Å². The lowest BCUT2D eigenvalue weighted by Crippen LogP contribution is -2.36. The maximum Gasteiger partial charge on any atom is 0.335 e. The van der Waals surface area contributed by atoms with Gasteiger partial charge in [-0.25, -0.2) is 9.48 Å². The van der Waals surface area contributed by atoms with Crippen molar-refractivity contribution in [3.05, 3.63) is 65.7 Å². The summed E-state index contributed by atoms with van der Waals surface area (Å²) in [5.41, 5.74) is 2.82. The monoisotopic (exact) mass is 377 g/mol. The van der Waals surface area contributed by atoms with Gasteiger partial charge in [-0.1, -0.05) is 12.1 Å². The number of fused-ring (bicyclic) bond motifs is 1. The molecule has 1 amide bonds. The predicted octanol–water partition coefficient (Wildman–Crippen LogP) is 3.19. The summed E-state index contributed by atoms with van der Waals surface area (Å²) in [7, 11) is 1.62. The summed E-state index contributed by atoms with van der Waals surface area (Å²) in [6.45, 7) is 0.908. The fraction of sp³-hybridized carbons (Fsp3) is 0.190. The van der Waals surface area contributed by atoms with Crippen molar-refractivity contribution >= 4 is 17.7 Å². The van der Waals surface area contributed by atoms with Gasteiger partial charge in [-0.15, -0.1) is 0 Å². The molecule has 1 N–H and O–H groups in total. The molecule has 0 atom stereocenters. The Hall–Kier alpha value is -3.61. The van der Waals surface area contributed by atoms with Crippen molar-refractivity contribution in [2.24, 2.45) is 0 Å². The van der Waals surface area contributed by atoms with Gasteiger partial charge in [0.1, 0.15) is 11.6 Å². The molecule has 0 aliphatic carbocycles. The van der Waals surface area contributed by atoms with E-state index in [1.54, 1.807) is 36.3 Å². The van der Waals surface area contributed by atoms with E-state index in [0.29, 0.717) is 19.5 Å². The molecule has 0 unspecified atom stereocenters. The number of aryl methyl sites for hydroxylation is 1. The Kier molecular flexibility index (Phi) is 4.57. The molecular weight excluding hydrogens is 358 g/mol. The molecule has 1 aliphatic rings. The van der Waals surface area contributed by atoms with Crippen LogP contribution in [0.1, 0.15) is 22.3 Å². The molecule has 0 fully saturated rings. The maximum absolute atomic E-state index is 12.5. The second-order valence-corrected chi connectivity index (χ2v) is 6.57. The SMILES string of the molecule is COc1ccc(-c2cc3n(n2)CCC(=O)N3Cc2ccc(C(=O)O)cc2)cc1. The summed E-state index contributed by atoms with van der Waals surface area (Å²) in [6, 6.07) is 16.1. The van der Waals surface area contributed by atoms with E-state index >= 15 is 0 Å². The number of nitrogens with zero attached hydrogens (tertiary/aromatic N) is 3. The summed E-state index contributed by atoms with van der Waals surface area (Å²) in [5, 5.41) is 13.7. The molecule has 142 valence electrons. The van der Waals surface area contributed by atoms with E-state index in [0.717, 1.165) is 28.4 Å². The first-order valence-electron chi connectivity index (χ1n) is 8.90. The van der Waals surface area contributed by atoms with Crippen LogP contribution in [0.5, 0.6) is 5.75 Å². The quantitative estimate of drug-likeness (QED) is 0.738. The van der Waals surface area contributed by atoms with E-state index in [1.165, 1.54) is 0 Å². The topological polar surface area (TPSA) is 84.7 Å². The lowest BCUT2D eigenvalue weighted by atomic mass is 10.1. The van der Waals surface area contributed by atoms with Crippen molar-refractivity contribution in [1.82, 2.24) is 9.78 Å². The molecule has 0 spiro atoms. The first kappa shape index (κ1) is 17.8. The number of hydrogen-bond acceptors (Lipinski definition) is 4. The highest BCUT2D eigenvalue weighted by atomic mass is 16.5. The normalized spacial score (nSPS) is 13.3. The molecule has 2 aromatic carbocycles. The van der Waals surface area contributed by atoms with Gasteiger partial charge in [-0.2, -0.15) is 5.10 Å². The number of carboxylic acids is 1. The molecule has 7 heteroatoms. The van der Waals surface area contributed by atoms with Crippen molar-refractivity contribution in [2.75, 3.05) is 12.0 Å². The van der Waals surface area contributed by atoms with E-state index in [9.17, 15) is 9.59 Å². The van der Waals surface area contributed by atoms with Crippen LogP contribution in [0.3, 0.4) is 0 Å². The third-order valence-electron chi connectivity index (χ3n) is 4.80. The molecule has 1 aliphatic heterocycles. The van der Waals surface area contributed by atoms with Gasteiger partial charge in [-0.3, -0.25) is 9.69 Å². The zero-order valence-electron chi connectivity index (χ0n) is 15.3. The molecule has 0 radical (unpaired) electrons. The number of anilines is 1. The van der Waals surface area contributed by atoms with Gasteiger partial charge in [0.15, 0.2) is 0 Å². The first-order valence-corrected chi connectivity index (χ1v) is 8.90. The number of amides is 1. The summed E-state index contributed by atoms with van der Waals surface area (Å²) in [5.74, 6) is 0.567. The Morgan fingerprint density at radius 2 is 1.86 bits per heavy atom. The largest absolute Gasteiger partial charge is 0.497 e. The predicted molar refractivity (Wildman–Crippen MR) is 103 cm³/mol. The second kappa shape index (κ2) is 7.19. The minimum absolute atomic E-state index is 0.0241. The van der Waals surface area contributed by atoms with Crippen LogP contribution >= 0.6 is 0 Å². The number of carboxylic acid groups (broad SMARTS) is 1. The lowest BCUT2D eigenvalue weighted by molar-refractivity contribution is -0.119. The van der Waals surface area contributed by atoms with Gasteiger partial charge >= 0.3 is 5.97 Å². The number of benzene rings is 2. The molecule has 3 aromatic rings. The fourth-order valence-corrected chi connectivity index (χ4v) is 3.26. The highest BCUT2D eigenvalue weighted by Gasteiger charge is 2.26. The van der Waals surface area contributed by atoms with Gasteiger partial charge in [0, 0.05) is 18.1 Å². The van der Waals surface area contributed by atoms with Crippen LogP contribution in [0.2, 0.25) is 0 Å². The number of aromatic carboxylic acids is 1. The minimum Gasteiger partial charge on any atom is -0.497 e. The number of aromatic nitrogens is 2. The van der Waals surface area contributed by atoms with Crippen LogP contribution in [0.25, 0.3) is 11.3 Å². The molecule has 0 bridgehead atoms. The molecule has 0 saturated heterocycles. The standard InChI is InChI=1S/C21H19N3O4/c1-28-17-8-6-15(7-9-17)18-12-19-23(20(25)10-11-24(19)22-18)13-14-2-4-16(5-3-14)21(26)27/h2-9,12H,10-11,13H2,1H3,(H,26,27). The van der Waals surface area contributed by atoms with Gasteiger partial charge in [0.2, 0.25) is 5.91 Å². The Morgan fingerprint density at radius 1 is 1.14 bits per heavy atom. The highest BCUT2D eigenvalue weighted by molar-refractivity contribution is 5.94. The lowest BCUT2D eigenvalue weighted by Gasteiger charge is -2.27. The number of carbonyl (C=O) groups excluding carboxylic acids is 1. The third-order valence-corrected chi connectivity index (χ3v) is 4.80. The van der Waals surface area contributed by atoms with Crippen LogP contribution in [0.15, 0.2) is 54.6 Å². The van der Waals surface area contributed by atoms with Gasteiger partial charge in [0.05, 0.1) is 31.5 Å². The third kappa shape index (κ3) is 3.34. The molecule has 4 rings (SSSR count). The van der Waals surface area contributed by atoms with E-state index in [4.69, 9.17) is 9.84 Å². The van der Waals surface area contributed by atoms with Crippen LogP contribution in [0.4, 0.5) is 5.82 Å². The average Bonchev–Trinajstić information content (AvgIpc) is 3.15. The Bertz CT molecular complexity index is 1020. The van der Waals surface area contributed by atoms with E-state index in [2.05, 4.69) is 5.10 Å². The highest BCUT2D eigenvalue weighted by Crippen LogP contribution is 2.30. The average molecular weight is 377 g/mol. The fourth-order valence-electron chi connectivity index (χ4n) is 3.26. The van der Waals surface area contributed by atoms with Crippen molar-refractivity contribution in [3.8, 4) is 17.0 Å². The Morgan fingerprint density at radius 3 is 2.50 bits per heavy atom. The zero-order chi connectivity index (χ0) is 19.7. The molecule has 2 heterocycles. The van der Waals surface area contributed by atoms with Crippen LogP contribution < -0.4 is 9.64 Å². The summed E-state index contributed by atoms with van der Waals surface area (Å²) < 4.78 is 7.03. The Balaban J connectivity index is 1.62. The van der Waals surface area contributed by atoms with E-state index < -0.39 is 5.97 Å². The van der Waals surface area contributed by atoms with E-state index in [1.807, 2.05) is 35.0 Å². The first-order chi connectivity index (χ1) is 13.5. The summed E-state index contributed by atoms with van der Waals surface area (Å²) in [6.07, 6.45) is 0.379. The van der Waals surface area contributed by atoms with Crippen molar-refractivity contribution in [2.45, 2.75) is 19.5 Å². The van der Waals surface area contributed by atoms with Gasteiger partial charge in [-0.05, 0) is 42.0 Å². The zero-order valence-corrected chi connectivity index (χ0v) is 15.3. The van der Waals surface area contributed by atoms with Crippen LogP contribution in [-0.2, 0) is 17.9 Å². The minimum atomic E-state index is -0.970. The van der Waals surface area contributed by atoms with Crippen molar-refractivity contribution in [1.29, 1.82) is 0 Å². The van der Waals surface area contributed by atoms with Crippen LogP contribution in [-0.4, -0.2) is 33.9 Å². The molecule has 1 aromatic heterocycles. The Labute approximate surface area is 161 Å². The van der Waals surface area contributed by atoms with E-state index in [-0.39, 0.29) is 11.5 Å². The second-order valence-electron chi connectivity index (χ2n) is 6.57.